The summed E-state index contributed by atoms with van der Waals surface area (Å²) in [7, 11) is 0. The van der Waals surface area contributed by atoms with Crippen LogP contribution in [0, 0.1) is 13.8 Å². The summed E-state index contributed by atoms with van der Waals surface area (Å²) >= 11 is 3.69. The summed E-state index contributed by atoms with van der Waals surface area (Å²) < 4.78 is 18.9. The van der Waals surface area contributed by atoms with Crippen LogP contribution in [0.15, 0.2) is 188 Å². The minimum Gasteiger partial charge on any atom is -0.458 e. The van der Waals surface area contributed by atoms with Crippen molar-refractivity contribution in [1.82, 2.24) is 0 Å². The van der Waals surface area contributed by atoms with Gasteiger partial charge in [0.25, 0.3) is 6.71 Å². The highest BCUT2D eigenvalue weighted by molar-refractivity contribution is 7.26. The van der Waals surface area contributed by atoms with E-state index in [-0.39, 0.29) is 6.71 Å². The summed E-state index contributed by atoms with van der Waals surface area (Å²) in [6, 6.07) is 68.1. The van der Waals surface area contributed by atoms with Gasteiger partial charge in [-0.3, -0.25) is 0 Å². The van der Waals surface area contributed by atoms with Crippen LogP contribution in [0.4, 0.5) is 34.1 Å². The largest absolute Gasteiger partial charge is 0.458 e. The van der Waals surface area contributed by atoms with Crippen LogP contribution in [0.1, 0.15) is 11.1 Å². The van der Waals surface area contributed by atoms with E-state index >= 15 is 0 Å². The molecule has 0 aliphatic carbocycles. The van der Waals surface area contributed by atoms with Gasteiger partial charge >= 0.3 is 0 Å². The molecular weight excluding hydrogens is 808 g/mol. The molecular formula is C56H37BN2O2S2. The second-order valence-corrected chi connectivity index (χ2v) is 18.7. The topological polar surface area (TPSA) is 24.9 Å². The SMILES string of the molecule is Cc1ccc(N(c2ccc3c(c2)Oc2cccc4c2B3c2ccc(N(c3ccc(C)cc3)c3cccc5c3sc3ccccc35)cc2O4)c2cccc3c2sc2ccccc23)cc1. The van der Waals surface area contributed by atoms with Crippen LogP contribution in [0.3, 0.4) is 0 Å². The maximum Gasteiger partial charge on any atom is 0.260 e. The number of rotatable bonds is 6. The molecule has 0 N–H and O–H groups in total. The van der Waals surface area contributed by atoms with Gasteiger partial charge in [-0.1, -0.05) is 114 Å². The number of fused-ring (bicyclic) bond motifs is 10. The summed E-state index contributed by atoms with van der Waals surface area (Å²) in [5.74, 6) is 3.33. The smallest absolute Gasteiger partial charge is 0.260 e. The van der Waals surface area contributed by atoms with E-state index in [1.807, 2.05) is 28.7 Å². The molecule has 0 bridgehead atoms. The van der Waals surface area contributed by atoms with Crippen molar-refractivity contribution in [3.8, 4) is 23.0 Å². The third-order valence-corrected chi connectivity index (χ3v) is 15.1. The van der Waals surface area contributed by atoms with Gasteiger partial charge in [0.15, 0.2) is 0 Å². The minimum absolute atomic E-state index is 0.0792. The monoisotopic (exact) mass is 844 g/mol. The Morgan fingerprint density at radius 1 is 0.381 bits per heavy atom. The predicted molar refractivity (Wildman–Crippen MR) is 269 cm³/mol. The summed E-state index contributed by atoms with van der Waals surface area (Å²) in [6.07, 6.45) is 0. The van der Waals surface area contributed by atoms with E-state index in [1.165, 1.54) is 51.5 Å². The molecule has 0 fully saturated rings. The van der Waals surface area contributed by atoms with Crippen LogP contribution >= 0.6 is 22.7 Å². The summed E-state index contributed by atoms with van der Waals surface area (Å²) in [6.45, 7) is 4.20. The molecule has 63 heavy (non-hydrogen) atoms. The Morgan fingerprint density at radius 3 is 1.27 bits per heavy atom. The molecule has 0 amide bonds. The molecule has 7 heteroatoms. The molecule has 0 atom stereocenters. The first kappa shape index (κ1) is 36.3. The van der Waals surface area contributed by atoms with Crippen molar-refractivity contribution in [3.63, 3.8) is 0 Å². The van der Waals surface area contributed by atoms with Gasteiger partial charge in [0.1, 0.15) is 23.0 Å². The lowest BCUT2D eigenvalue weighted by molar-refractivity contribution is 0.464. The Hall–Kier alpha value is -7.32. The third kappa shape index (κ3) is 5.74. The number of hydrogen-bond donors (Lipinski definition) is 0. The number of anilines is 6. The fourth-order valence-electron chi connectivity index (χ4n) is 9.74. The van der Waals surface area contributed by atoms with E-state index in [0.29, 0.717) is 0 Å². The van der Waals surface area contributed by atoms with Gasteiger partial charge in [-0.2, -0.15) is 0 Å². The lowest BCUT2D eigenvalue weighted by atomic mass is 9.35. The minimum atomic E-state index is -0.0792. The quantitative estimate of drug-likeness (QED) is 0.156. The zero-order valence-electron chi connectivity index (χ0n) is 34.5. The predicted octanol–water partition coefficient (Wildman–Crippen LogP) is 14.7. The van der Waals surface area contributed by atoms with Gasteiger partial charge in [-0.15, -0.1) is 22.7 Å². The standard InChI is InChI=1S/C56H37BN2O2S2/c1-34-20-24-36(25-21-34)58(46-14-7-12-42-40-10-3-5-18-52(40)62-55(42)46)38-28-30-44-50(32-38)60-48-16-9-17-49-54(48)57(44)45-31-29-39(33-51(45)61-49)59(37-26-22-35(2)23-27-37)47-15-8-13-43-41-11-4-6-19-53(41)63-56(43)47/h3-33H,1-2H3. The van der Waals surface area contributed by atoms with Gasteiger partial charge in [0.2, 0.25) is 0 Å². The maximum atomic E-state index is 6.90. The van der Waals surface area contributed by atoms with Crippen LogP contribution in [0.25, 0.3) is 40.3 Å². The van der Waals surface area contributed by atoms with Crippen LogP contribution in [0.5, 0.6) is 23.0 Å². The Morgan fingerprint density at radius 2 is 0.794 bits per heavy atom. The Kier molecular flexibility index (Phi) is 8.14. The second-order valence-electron chi connectivity index (χ2n) is 16.6. The van der Waals surface area contributed by atoms with E-state index in [0.717, 1.165) is 73.5 Å². The van der Waals surface area contributed by atoms with E-state index < -0.39 is 0 Å². The normalized spacial score (nSPS) is 12.5. The van der Waals surface area contributed by atoms with Crippen molar-refractivity contribution < 1.29 is 9.47 Å². The number of benzene rings is 9. The zero-order chi connectivity index (χ0) is 41.8. The van der Waals surface area contributed by atoms with Gasteiger partial charge in [-0.05, 0) is 97.6 Å². The summed E-state index contributed by atoms with van der Waals surface area (Å²) in [5, 5.41) is 5.09. The number of thiophene rings is 2. The van der Waals surface area contributed by atoms with Gasteiger partial charge < -0.3 is 19.3 Å². The van der Waals surface area contributed by atoms with Crippen LogP contribution in [-0.2, 0) is 0 Å². The molecule has 0 saturated heterocycles. The first-order chi connectivity index (χ1) is 31.0. The second kappa shape index (κ2) is 14.1. The number of nitrogens with zero attached hydrogens (tertiary/aromatic N) is 2. The molecule has 4 heterocycles. The van der Waals surface area contributed by atoms with Crippen molar-refractivity contribution in [2.75, 3.05) is 9.80 Å². The van der Waals surface area contributed by atoms with Crippen molar-refractivity contribution in [2.45, 2.75) is 13.8 Å². The highest BCUT2D eigenvalue weighted by Gasteiger charge is 2.40. The average Bonchev–Trinajstić information content (AvgIpc) is 3.90. The van der Waals surface area contributed by atoms with Gasteiger partial charge in [0, 0.05) is 71.3 Å². The van der Waals surface area contributed by atoms with E-state index in [4.69, 9.17) is 9.47 Å². The molecule has 11 aromatic rings. The molecule has 4 nitrogen and oxygen atoms in total. The number of hydrogen-bond acceptors (Lipinski definition) is 6. The molecule has 298 valence electrons. The first-order valence-corrected chi connectivity index (χ1v) is 23.0. The van der Waals surface area contributed by atoms with Crippen molar-refractivity contribution in [1.29, 1.82) is 0 Å². The van der Waals surface area contributed by atoms with Crippen molar-refractivity contribution >= 4 is 120 Å². The third-order valence-electron chi connectivity index (χ3n) is 12.7. The fourth-order valence-corrected chi connectivity index (χ4v) is 12.2. The lowest BCUT2D eigenvalue weighted by Gasteiger charge is -2.35. The molecule has 0 saturated carbocycles. The number of aryl methyl sites for hydroxylation is 2. The Balaban J connectivity index is 0.959. The van der Waals surface area contributed by atoms with E-state index in [2.05, 4.69) is 206 Å². The molecule has 2 aromatic heterocycles. The molecule has 0 radical (unpaired) electrons. The molecule has 2 aliphatic rings. The summed E-state index contributed by atoms with van der Waals surface area (Å²) in [5.41, 5.74) is 12.3. The fraction of sp³-hybridized carbons (Fsp3) is 0.0357. The van der Waals surface area contributed by atoms with Crippen LogP contribution < -0.4 is 35.7 Å². The molecule has 2 aliphatic heterocycles. The number of ether oxygens (including phenoxy) is 2. The lowest BCUT2D eigenvalue weighted by Crippen LogP contribution is -2.57. The zero-order valence-corrected chi connectivity index (χ0v) is 36.1. The average molecular weight is 845 g/mol. The van der Waals surface area contributed by atoms with Crippen molar-refractivity contribution in [2.24, 2.45) is 0 Å². The van der Waals surface area contributed by atoms with E-state index in [9.17, 15) is 0 Å². The first-order valence-electron chi connectivity index (χ1n) is 21.3. The molecule has 13 rings (SSSR count). The maximum absolute atomic E-state index is 6.90. The van der Waals surface area contributed by atoms with Gasteiger partial charge in [-0.25, -0.2) is 0 Å². The Labute approximate surface area is 373 Å². The summed E-state index contributed by atoms with van der Waals surface area (Å²) in [4.78, 5) is 4.77. The van der Waals surface area contributed by atoms with Crippen molar-refractivity contribution in [3.05, 3.63) is 199 Å². The Bertz CT molecular complexity index is 3400. The highest BCUT2D eigenvalue weighted by atomic mass is 32.1. The van der Waals surface area contributed by atoms with Crippen LogP contribution in [0.2, 0.25) is 0 Å². The van der Waals surface area contributed by atoms with Gasteiger partial charge in [0.05, 0.1) is 20.8 Å². The molecule has 0 spiro atoms. The molecule has 9 aromatic carbocycles. The molecule has 0 unspecified atom stereocenters. The highest BCUT2D eigenvalue weighted by Crippen LogP contribution is 2.48. The van der Waals surface area contributed by atoms with Crippen LogP contribution in [-0.4, -0.2) is 6.71 Å². The van der Waals surface area contributed by atoms with E-state index in [1.54, 1.807) is 0 Å².